The fourth-order valence-electron chi connectivity index (χ4n) is 2.88. The molecular formula is C16H23ClN2O2. The molecule has 0 radical (unpaired) electrons. The molecule has 0 saturated carbocycles. The highest BCUT2D eigenvalue weighted by Crippen LogP contribution is 2.28. The van der Waals surface area contributed by atoms with Crippen LogP contribution in [-0.4, -0.2) is 30.0 Å². The summed E-state index contributed by atoms with van der Waals surface area (Å²) in [6.07, 6.45) is 3.80. The maximum absolute atomic E-state index is 11.2. The Bertz CT molecular complexity index is 493. The van der Waals surface area contributed by atoms with Gasteiger partial charge in [-0.2, -0.15) is 0 Å². The number of piperidine rings is 1. The SMILES string of the molecule is CCOc1ccc(CN2CCCCC2CC(N)=O)cc1Cl. The number of rotatable bonds is 6. The summed E-state index contributed by atoms with van der Waals surface area (Å²) < 4.78 is 5.45. The average Bonchev–Trinajstić information content (AvgIpc) is 2.44. The summed E-state index contributed by atoms with van der Waals surface area (Å²) in [5, 5.41) is 0.637. The minimum Gasteiger partial charge on any atom is -0.492 e. The second-order valence-corrected chi connectivity index (χ2v) is 5.90. The van der Waals surface area contributed by atoms with E-state index in [4.69, 9.17) is 22.1 Å². The van der Waals surface area contributed by atoms with Gasteiger partial charge in [0.25, 0.3) is 0 Å². The number of carbonyl (C=O) groups excluding carboxylic acids is 1. The number of ether oxygens (including phenoxy) is 1. The van der Waals surface area contributed by atoms with E-state index in [2.05, 4.69) is 4.90 Å². The third-order valence-electron chi connectivity index (χ3n) is 3.87. The number of likely N-dealkylation sites (tertiary alicyclic amines) is 1. The zero-order valence-electron chi connectivity index (χ0n) is 12.5. The monoisotopic (exact) mass is 310 g/mol. The molecule has 5 heteroatoms. The smallest absolute Gasteiger partial charge is 0.218 e. The van der Waals surface area contributed by atoms with Crippen molar-refractivity contribution in [3.63, 3.8) is 0 Å². The molecule has 2 N–H and O–H groups in total. The lowest BCUT2D eigenvalue weighted by molar-refractivity contribution is -0.119. The molecule has 1 heterocycles. The van der Waals surface area contributed by atoms with Gasteiger partial charge in [0.1, 0.15) is 5.75 Å². The first-order valence-corrected chi connectivity index (χ1v) is 7.91. The van der Waals surface area contributed by atoms with Crippen LogP contribution in [0.5, 0.6) is 5.75 Å². The minimum atomic E-state index is -0.225. The molecule has 1 amide bonds. The minimum absolute atomic E-state index is 0.225. The number of nitrogens with zero attached hydrogens (tertiary/aromatic N) is 1. The molecule has 0 spiro atoms. The van der Waals surface area contributed by atoms with E-state index < -0.39 is 0 Å². The lowest BCUT2D eigenvalue weighted by Gasteiger charge is -2.35. The first kappa shape index (κ1) is 16.1. The molecular weight excluding hydrogens is 288 g/mol. The standard InChI is InChI=1S/C16H23ClN2O2/c1-2-21-15-7-6-12(9-14(15)17)11-19-8-4-3-5-13(19)10-16(18)20/h6-7,9,13H,2-5,8,10-11H2,1H3,(H2,18,20). The zero-order chi connectivity index (χ0) is 15.2. The summed E-state index contributed by atoms with van der Waals surface area (Å²) in [5.74, 6) is 0.492. The second kappa shape index (κ2) is 7.66. The van der Waals surface area contributed by atoms with Crippen LogP contribution in [-0.2, 0) is 11.3 Å². The van der Waals surface area contributed by atoms with Crippen molar-refractivity contribution in [3.05, 3.63) is 28.8 Å². The molecule has 1 unspecified atom stereocenters. The Kier molecular flexibility index (Phi) is 5.88. The Morgan fingerprint density at radius 2 is 2.29 bits per heavy atom. The molecule has 1 saturated heterocycles. The fraction of sp³-hybridized carbons (Fsp3) is 0.562. The van der Waals surface area contributed by atoms with Gasteiger partial charge in [0.2, 0.25) is 5.91 Å². The van der Waals surface area contributed by atoms with Crippen molar-refractivity contribution < 1.29 is 9.53 Å². The van der Waals surface area contributed by atoms with Crippen LogP contribution in [0.15, 0.2) is 18.2 Å². The van der Waals surface area contributed by atoms with Crippen LogP contribution in [0.1, 0.15) is 38.2 Å². The Morgan fingerprint density at radius 1 is 1.48 bits per heavy atom. The van der Waals surface area contributed by atoms with Crippen molar-refractivity contribution in [1.82, 2.24) is 4.90 Å². The summed E-state index contributed by atoms with van der Waals surface area (Å²) >= 11 is 6.23. The number of halogens is 1. The third-order valence-corrected chi connectivity index (χ3v) is 4.16. The van der Waals surface area contributed by atoms with Crippen LogP contribution in [0.4, 0.5) is 0 Å². The first-order chi connectivity index (χ1) is 10.1. The number of nitrogens with two attached hydrogens (primary N) is 1. The topological polar surface area (TPSA) is 55.6 Å². The van der Waals surface area contributed by atoms with E-state index >= 15 is 0 Å². The van der Waals surface area contributed by atoms with Gasteiger partial charge in [0.15, 0.2) is 0 Å². The summed E-state index contributed by atoms with van der Waals surface area (Å²) in [5.41, 5.74) is 6.49. The first-order valence-electron chi connectivity index (χ1n) is 7.53. The van der Waals surface area contributed by atoms with Gasteiger partial charge in [0, 0.05) is 19.0 Å². The average molecular weight is 311 g/mol. The summed E-state index contributed by atoms with van der Waals surface area (Å²) in [4.78, 5) is 13.5. The largest absolute Gasteiger partial charge is 0.492 e. The number of benzene rings is 1. The maximum atomic E-state index is 11.2. The summed E-state index contributed by atoms with van der Waals surface area (Å²) in [6.45, 7) is 4.34. The number of hydrogen-bond acceptors (Lipinski definition) is 3. The Labute approximate surface area is 131 Å². The maximum Gasteiger partial charge on any atom is 0.218 e. The second-order valence-electron chi connectivity index (χ2n) is 5.49. The van der Waals surface area contributed by atoms with E-state index in [-0.39, 0.29) is 11.9 Å². The van der Waals surface area contributed by atoms with Crippen LogP contribution in [0.25, 0.3) is 0 Å². The van der Waals surface area contributed by atoms with Crippen molar-refractivity contribution in [3.8, 4) is 5.75 Å². The van der Waals surface area contributed by atoms with Crippen molar-refractivity contribution >= 4 is 17.5 Å². The van der Waals surface area contributed by atoms with Crippen molar-refractivity contribution in [2.24, 2.45) is 5.73 Å². The Balaban J connectivity index is 2.04. The highest BCUT2D eigenvalue weighted by Gasteiger charge is 2.24. The van der Waals surface area contributed by atoms with Crippen molar-refractivity contribution in [1.29, 1.82) is 0 Å². The molecule has 1 aliphatic rings. The lowest BCUT2D eigenvalue weighted by atomic mass is 9.98. The molecule has 0 bridgehead atoms. The lowest BCUT2D eigenvalue weighted by Crippen LogP contribution is -2.41. The van der Waals surface area contributed by atoms with Gasteiger partial charge in [-0.3, -0.25) is 9.69 Å². The van der Waals surface area contributed by atoms with Gasteiger partial charge in [-0.15, -0.1) is 0 Å². The molecule has 0 aromatic heterocycles. The molecule has 1 atom stereocenters. The molecule has 4 nitrogen and oxygen atoms in total. The predicted molar refractivity (Wildman–Crippen MR) is 84.5 cm³/mol. The molecule has 1 aromatic rings. The van der Waals surface area contributed by atoms with Crippen LogP contribution >= 0.6 is 11.6 Å². The Hall–Kier alpha value is -1.26. The normalized spacial score (nSPS) is 19.4. The number of primary amides is 1. The summed E-state index contributed by atoms with van der Waals surface area (Å²) in [6, 6.07) is 6.14. The van der Waals surface area contributed by atoms with Crippen LogP contribution in [0, 0.1) is 0 Å². The predicted octanol–water partition coefficient (Wildman–Crippen LogP) is 2.97. The highest BCUT2D eigenvalue weighted by molar-refractivity contribution is 6.32. The van der Waals surface area contributed by atoms with E-state index in [1.54, 1.807) is 0 Å². The molecule has 2 rings (SSSR count). The van der Waals surface area contributed by atoms with Gasteiger partial charge in [0.05, 0.1) is 11.6 Å². The van der Waals surface area contributed by atoms with Crippen molar-refractivity contribution in [2.45, 2.75) is 45.2 Å². The number of amides is 1. The third kappa shape index (κ3) is 4.61. The van der Waals surface area contributed by atoms with Gasteiger partial charge < -0.3 is 10.5 Å². The van der Waals surface area contributed by atoms with Gasteiger partial charge >= 0.3 is 0 Å². The molecule has 1 aromatic carbocycles. The highest BCUT2D eigenvalue weighted by atomic mass is 35.5. The molecule has 0 aliphatic carbocycles. The van der Waals surface area contributed by atoms with Gasteiger partial charge in [-0.05, 0) is 44.0 Å². The van der Waals surface area contributed by atoms with E-state index in [1.807, 2.05) is 25.1 Å². The van der Waals surface area contributed by atoms with Crippen LogP contribution in [0.2, 0.25) is 5.02 Å². The van der Waals surface area contributed by atoms with E-state index in [9.17, 15) is 4.79 Å². The number of carbonyl (C=O) groups is 1. The summed E-state index contributed by atoms with van der Waals surface area (Å²) in [7, 11) is 0. The van der Waals surface area contributed by atoms with Crippen LogP contribution in [0.3, 0.4) is 0 Å². The van der Waals surface area contributed by atoms with Gasteiger partial charge in [-0.1, -0.05) is 24.1 Å². The Morgan fingerprint density at radius 3 is 2.95 bits per heavy atom. The van der Waals surface area contributed by atoms with E-state index in [0.717, 1.165) is 30.8 Å². The van der Waals surface area contributed by atoms with Gasteiger partial charge in [-0.25, -0.2) is 0 Å². The molecule has 1 aliphatic heterocycles. The zero-order valence-corrected chi connectivity index (χ0v) is 13.2. The quantitative estimate of drug-likeness (QED) is 0.879. The number of hydrogen-bond donors (Lipinski definition) is 1. The molecule has 116 valence electrons. The van der Waals surface area contributed by atoms with E-state index in [0.29, 0.717) is 18.1 Å². The van der Waals surface area contributed by atoms with Crippen molar-refractivity contribution in [2.75, 3.05) is 13.2 Å². The molecule has 21 heavy (non-hydrogen) atoms. The van der Waals surface area contributed by atoms with E-state index in [1.165, 1.54) is 12.8 Å². The van der Waals surface area contributed by atoms with Crippen LogP contribution < -0.4 is 10.5 Å². The molecule has 1 fully saturated rings. The fourth-order valence-corrected chi connectivity index (χ4v) is 3.14.